The van der Waals surface area contributed by atoms with Crippen LogP contribution < -0.4 is 0 Å². The summed E-state index contributed by atoms with van der Waals surface area (Å²) in [5.74, 6) is 0. The van der Waals surface area contributed by atoms with Crippen LogP contribution in [0.25, 0.3) is 0 Å². The van der Waals surface area contributed by atoms with Crippen LogP contribution in [0, 0.1) is 0 Å². The van der Waals surface area contributed by atoms with Crippen LogP contribution in [0.4, 0.5) is 0 Å². The van der Waals surface area contributed by atoms with Crippen molar-refractivity contribution in [3.8, 4) is 0 Å². The van der Waals surface area contributed by atoms with Gasteiger partial charge in [0.05, 0.1) is 0 Å². The summed E-state index contributed by atoms with van der Waals surface area (Å²) in [6, 6.07) is 0. The van der Waals surface area contributed by atoms with Gasteiger partial charge >= 0.3 is 90.8 Å². The summed E-state index contributed by atoms with van der Waals surface area (Å²) < 4.78 is 0. The predicted octanol–water partition coefficient (Wildman–Crippen LogP) is -2.48. The van der Waals surface area contributed by atoms with E-state index in [0.29, 0.717) is 0 Å². The molecule has 0 rings (SSSR count). The first-order valence-corrected chi connectivity index (χ1v) is 0. The zero-order valence-corrected chi connectivity index (χ0v) is 1.30. The Morgan fingerprint density at radius 2 is 1.00 bits per heavy atom. The first-order chi connectivity index (χ1) is 0. The molecule has 0 fully saturated rings. The molecule has 0 N–H and O–H groups in total. The second-order valence-electron chi connectivity index (χ2n) is 0. The molecule has 0 saturated carbocycles. The molecule has 0 aromatic heterocycles. The minimum Gasteiger partial charge on any atom is 0 e. The van der Waals surface area contributed by atoms with Gasteiger partial charge in [-0.3, -0.25) is 0 Å². The Balaban J connectivity index is 0. The van der Waals surface area contributed by atoms with Crippen molar-refractivity contribution in [2.45, 2.75) is 0 Å². The van der Waals surface area contributed by atoms with Crippen molar-refractivity contribution in [1.29, 1.82) is 0 Å². The molecular formula is H5BaLiMgNi. The van der Waals surface area contributed by atoms with Gasteiger partial charge in [0.15, 0.2) is 0 Å². The summed E-state index contributed by atoms with van der Waals surface area (Å²) >= 11 is 0. The van der Waals surface area contributed by atoms with Gasteiger partial charge in [0.1, 0.15) is 0 Å². The van der Waals surface area contributed by atoms with Crippen molar-refractivity contribution in [3.63, 3.8) is 0 Å². The van der Waals surface area contributed by atoms with E-state index in [4.69, 9.17) is 0 Å². The summed E-state index contributed by atoms with van der Waals surface area (Å²) in [4.78, 5) is 0. The first-order valence-electron chi connectivity index (χ1n) is 0. The van der Waals surface area contributed by atoms with Crippen LogP contribution in [0.2, 0.25) is 0 Å². The molecule has 0 spiro atoms. The van der Waals surface area contributed by atoms with E-state index >= 15 is 0 Å². The normalized spacial score (nSPS) is 0. The molecule has 0 aliphatic heterocycles. The molecule has 4 heteroatoms. The average Bonchev–Trinajstić information content (AvgIpc) is 0. The third-order valence-corrected chi connectivity index (χ3v) is 0. The summed E-state index contributed by atoms with van der Waals surface area (Å²) in [7, 11) is 0. The molecule has 20 valence electrons. The summed E-state index contributed by atoms with van der Waals surface area (Å²) in [5.41, 5.74) is 0. The van der Waals surface area contributed by atoms with Crippen molar-refractivity contribution >= 4 is 90.8 Å². The van der Waals surface area contributed by atoms with Gasteiger partial charge in [0, 0.05) is 16.5 Å². The maximum Gasteiger partial charge on any atom is 0.316 e. The second kappa shape index (κ2) is 16.1. The van der Waals surface area contributed by atoms with E-state index in [0.717, 1.165) is 0 Å². The molecule has 0 aromatic rings. The van der Waals surface area contributed by atoms with Gasteiger partial charge in [-0.2, -0.15) is 0 Å². The third-order valence-electron chi connectivity index (χ3n) is 0. The van der Waals surface area contributed by atoms with Gasteiger partial charge < -0.3 is 0 Å². The molecule has 0 aliphatic carbocycles. The standard InChI is InChI=1S/Ba.Li.Mg.Ni.5H. The zero-order chi connectivity index (χ0) is 0. The maximum atomic E-state index is 0. The van der Waals surface area contributed by atoms with Gasteiger partial charge in [-0.05, 0) is 0 Å². The summed E-state index contributed by atoms with van der Waals surface area (Å²) in [5, 5.41) is 0. The third kappa shape index (κ3) is 9.06. The van der Waals surface area contributed by atoms with Crippen LogP contribution in [-0.4, -0.2) is 90.8 Å². The van der Waals surface area contributed by atoms with Crippen molar-refractivity contribution < 1.29 is 16.5 Å². The Morgan fingerprint density at radius 1 is 1.00 bits per heavy atom. The topological polar surface area (TPSA) is 0 Å². The van der Waals surface area contributed by atoms with Crippen molar-refractivity contribution in [1.82, 2.24) is 0 Å². The van der Waals surface area contributed by atoms with E-state index in [9.17, 15) is 0 Å². The Labute approximate surface area is 105 Å². The van der Waals surface area contributed by atoms with Gasteiger partial charge in [0.25, 0.3) is 0 Å². The number of hydrogen-bond acceptors (Lipinski definition) is 0. The average molecular weight is 232 g/mol. The summed E-state index contributed by atoms with van der Waals surface area (Å²) in [6.07, 6.45) is 0. The van der Waals surface area contributed by atoms with Crippen LogP contribution in [0.1, 0.15) is 0 Å². The van der Waals surface area contributed by atoms with Gasteiger partial charge in [0.2, 0.25) is 0 Å². The quantitative estimate of drug-likeness (QED) is 0.406. The van der Waals surface area contributed by atoms with Crippen molar-refractivity contribution in [2.75, 3.05) is 0 Å². The molecule has 4 heavy (non-hydrogen) atoms. The number of rotatable bonds is 0. The molecule has 0 saturated heterocycles. The predicted molar refractivity (Wildman–Crippen MR) is 24.2 cm³/mol. The summed E-state index contributed by atoms with van der Waals surface area (Å²) in [6.45, 7) is 0. The number of hydrogen-bond donors (Lipinski definition) is 0. The van der Waals surface area contributed by atoms with Crippen LogP contribution in [0.15, 0.2) is 0 Å². The Hall–Kier alpha value is 3.43. The molecule has 0 heterocycles. The van der Waals surface area contributed by atoms with Gasteiger partial charge in [-0.25, -0.2) is 0 Å². The minimum atomic E-state index is 0. The SMILES string of the molecule is [BaH2].[LiH].[MgH2].[Ni]. The molecule has 0 amide bonds. The van der Waals surface area contributed by atoms with E-state index in [2.05, 4.69) is 0 Å². The molecule has 0 unspecified atom stereocenters. The van der Waals surface area contributed by atoms with E-state index in [-0.39, 0.29) is 107 Å². The van der Waals surface area contributed by atoms with E-state index < -0.39 is 0 Å². The largest absolute Gasteiger partial charge is 0.316 e. The van der Waals surface area contributed by atoms with Gasteiger partial charge in [-0.15, -0.1) is 0 Å². The molecule has 0 radical (unpaired) electrons. The van der Waals surface area contributed by atoms with Crippen LogP contribution >= 0.6 is 0 Å². The van der Waals surface area contributed by atoms with E-state index in [1.807, 2.05) is 0 Å². The van der Waals surface area contributed by atoms with Crippen LogP contribution in [-0.2, 0) is 16.5 Å². The molecule has 0 nitrogen and oxygen atoms in total. The Morgan fingerprint density at radius 3 is 1.00 bits per heavy atom. The first kappa shape index (κ1) is 26.1. The molecular weight excluding hydrogens is 227 g/mol. The fourth-order valence-electron chi connectivity index (χ4n) is 0. The van der Waals surface area contributed by atoms with Crippen molar-refractivity contribution in [2.24, 2.45) is 0 Å². The van der Waals surface area contributed by atoms with E-state index in [1.165, 1.54) is 0 Å². The molecule has 0 bridgehead atoms. The fourth-order valence-corrected chi connectivity index (χ4v) is 0. The smallest absolute Gasteiger partial charge is 0 e. The molecule has 0 aliphatic rings. The molecule has 0 aromatic carbocycles. The monoisotopic (exact) mass is 232 g/mol. The van der Waals surface area contributed by atoms with Crippen LogP contribution in [0.3, 0.4) is 0 Å². The zero-order valence-electron chi connectivity index (χ0n) is 0.316. The Bertz CT molecular complexity index is 8.00. The molecule has 0 atom stereocenters. The maximum absolute atomic E-state index is 0. The fraction of sp³-hybridized carbons (Fsp3) is 0. The second-order valence-corrected chi connectivity index (χ2v) is 0. The van der Waals surface area contributed by atoms with Gasteiger partial charge in [-0.1, -0.05) is 0 Å². The van der Waals surface area contributed by atoms with E-state index in [1.54, 1.807) is 0 Å². The van der Waals surface area contributed by atoms with Crippen molar-refractivity contribution in [3.05, 3.63) is 0 Å². The van der Waals surface area contributed by atoms with Crippen LogP contribution in [0.5, 0.6) is 0 Å². The minimum absolute atomic E-state index is 0. The Kier molecular flexibility index (Phi) is 105.